The van der Waals surface area contributed by atoms with Crippen LogP contribution in [0.25, 0.3) is 0 Å². The highest BCUT2D eigenvalue weighted by Gasteiger charge is 2.13. The monoisotopic (exact) mass is 369 g/mol. The fraction of sp³-hybridized carbons (Fsp3) is 0.300. The Balaban J connectivity index is 1.63. The summed E-state index contributed by atoms with van der Waals surface area (Å²) in [5, 5.41) is 14.9. The van der Waals surface area contributed by atoms with E-state index in [4.69, 9.17) is 9.84 Å². The molecule has 3 rings (SSSR count). The van der Waals surface area contributed by atoms with Gasteiger partial charge in [0.05, 0.1) is 0 Å². The second-order valence-electron chi connectivity index (χ2n) is 6.40. The van der Waals surface area contributed by atoms with E-state index >= 15 is 0 Å². The van der Waals surface area contributed by atoms with Crippen molar-refractivity contribution in [3.05, 3.63) is 53.6 Å². The molecule has 1 aliphatic rings. The summed E-state index contributed by atoms with van der Waals surface area (Å²) in [5.74, 6) is -0.835. The number of piperazine rings is 1. The zero-order valence-electron chi connectivity index (χ0n) is 15.2. The zero-order valence-corrected chi connectivity index (χ0v) is 15.2. The normalized spacial score (nSPS) is 13.9. The van der Waals surface area contributed by atoms with Crippen LogP contribution in [0.15, 0.2) is 42.5 Å². The third-order valence-corrected chi connectivity index (χ3v) is 4.41. The predicted octanol–water partition coefficient (Wildman–Crippen LogP) is 2.12. The highest BCUT2D eigenvalue weighted by atomic mass is 16.5. The van der Waals surface area contributed by atoms with Gasteiger partial charge in [-0.2, -0.15) is 0 Å². The van der Waals surface area contributed by atoms with E-state index in [9.17, 15) is 9.59 Å². The molecule has 1 heterocycles. The lowest BCUT2D eigenvalue weighted by molar-refractivity contribution is -0.139. The molecular formula is C20H23N3O4. The van der Waals surface area contributed by atoms with E-state index in [1.54, 1.807) is 25.1 Å². The number of amides is 1. The molecule has 0 atom stereocenters. The van der Waals surface area contributed by atoms with Crippen LogP contribution >= 0.6 is 0 Å². The van der Waals surface area contributed by atoms with Gasteiger partial charge in [-0.3, -0.25) is 4.79 Å². The van der Waals surface area contributed by atoms with Crippen molar-refractivity contribution in [1.29, 1.82) is 0 Å². The second kappa shape index (κ2) is 8.55. The Morgan fingerprint density at radius 1 is 1.15 bits per heavy atom. The minimum absolute atomic E-state index is 0.216. The van der Waals surface area contributed by atoms with Gasteiger partial charge in [-0.1, -0.05) is 0 Å². The summed E-state index contributed by atoms with van der Waals surface area (Å²) in [6.45, 7) is 5.27. The number of aryl methyl sites for hydroxylation is 1. The highest BCUT2D eigenvalue weighted by Crippen LogP contribution is 2.21. The number of carbonyl (C=O) groups excluding carboxylic acids is 1. The van der Waals surface area contributed by atoms with E-state index < -0.39 is 12.6 Å². The summed E-state index contributed by atoms with van der Waals surface area (Å²) in [6, 6.07) is 12.7. The Bertz CT molecular complexity index is 814. The number of carbonyl (C=O) groups is 2. The zero-order chi connectivity index (χ0) is 19.2. The van der Waals surface area contributed by atoms with Gasteiger partial charge in [-0.05, 0) is 55.0 Å². The van der Waals surface area contributed by atoms with Crippen LogP contribution < -0.4 is 20.3 Å². The summed E-state index contributed by atoms with van der Waals surface area (Å²) in [6.07, 6.45) is 0. The van der Waals surface area contributed by atoms with E-state index in [1.165, 1.54) is 0 Å². The summed E-state index contributed by atoms with van der Waals surface area (Å²) in [4.78, 5) is 25.4. The minimum Gasteiger partial charge on any atom is -0.482 e. The van der Waals surface area contributed by atoms with Crippen molar-refractivity contribution in [2.24, 2.45) is 0 Å². The molecule has 0 unspecified atom stereocenters. The Kier molecular flexibility index (Phi) is 5.93. The van der Waals surface area contributed by atoms with Crippen molar-refractivity contribution < 1.29 is 19.4 Å². The maximum atomic E-state index is 12.5. The Labute approximate surface area is 157 Å². The highest BCUT2D eigenvalue weighted by molar-refractivity contribution is 6.05. The summed E-state index contributed by atoms with van der Waals surface area (Å²) < 4.78 is 5.13. The number of hydrogen-bond donors (Lipinski definition) is 3. The van der Waals surface area contributed by atoms with E-state index in [-0.39, 0.29) is 5.91 Å². The number of rotatable bonds is 6. The molecule has 0 spiro atoms. The molecule has 1 amide bonds. The van der Waals surface area contributed by atoms with Crippen LogP contribution in [0.3, 0.4) is 0 Å². The van der Waals surface area contributed by atoms with Gasteiger partial charge >= 0.3 is 5.97 Å². The average Bonchev–Trinajstić information content (AvgIpc) is 2.67. The van der Waals surface area contributed by atoms with Crippen LogP contribution in [-0.4, -0.2) is 49.8 Å². The largest absolute Gasteiger partial charge is 0.482 e. The molecule has 0 aromatic heterocycles. The van der Waals surface area contributed by atoms with Gasteiger partial charge in [0.1, 0.15) is 5.75 Å². The molecule has 1 aliphatic heterocycles. The SMILES string of the molecule is Cc1cc(OCC(=O)O)ccc1C(=O)Nc1ccc(N2CCNCC2)cc1. The van der Waals surface area contributed by atoms with Crippen molar-refractivity contribution in [3.63, 3.8) is 0 Å². The van der Waals surface area contributed by atoms with Gasteiger partial charge in [0.2, 0.25) is 0 Å². The first kappa shape index (κ1) is 18.7. The van der Waals surface area contributed by atoms with Gasteiger partial charge in [-0.15, -0.1) is 0 Å². The van der Waals surface area contributed by atoms with Gasteiger partial charge in [0, 0.05) is 43.1 Å². The topological polar surface area (TPSA) is 90.9 Å². The lowest BCUT2D eigenvalue weighted by Gasteiger charge is -2.29. The van der Waals surface area contributed by atoms with Crippen LogP contribution in [0.5, 0.6) is 5.75 Å². The number of nitrogens with zero attached hydrogens (tertiary/aromatic N) is 1. The smallest absolute Gasteiger partial charge is 0.341 e. The molecular weight excluding hydrogens is 346 g/mol. The number of carboxylic acids is 1. The summed E-state index contributed by atoms with van der Waals surface area (Å²) in [7, 11) is 0. The molecule has 0 saturated carbocycles. The number of carboxylic acid groups (broad SMARTS) is 1. The van der Waals surface area contributed by atoms with Crippen LogP contribution in [0.1, 0.15) is 15.9 Å². The van der Waals surface area contributed by atoms with Crippen molar-refractivity contribution in [2.75, 3.05) is 43.0 Å². The van der Waals surface area contributed by atoms with Gasteiger partial charge in [0.15, 0.2) is 6.61 Å². The van der Waals surface area contributed by atoms with Gasteiger partial charge in [-0.25, -0.2) is 4.79 Å². The van der Waals surface area contributed by atoms with E-state index in [2.05, 4.69) is 15.5 Å². The van der Waals surface area contributed by atoms with E-state index in [1.807, 2.05) is 24.3 Å². The number of nitrogens with one attached hydrogen (secondary N) is 2. The molecule has 27 heavy (non-hydrogen) atoms. The van der Waals surface area contributed by atoms with Crippen molar-refractivity contribution in [3.8, 4) is 5.75 Å². The Hall–Kier alpha value is -3.06. The molecule has 1 fully saturated rings. The Morgan fingerprint density at radius 3 is 2.48 bits per heavy atom. The molecule has 7 heteroatoms. The molecule has 2 aromatic rings. The third kappa shape index (κ3) is 4.98. The maximum Gasteiger partial charge on any atom is 0.341 e. The first-order valence-corrected chi connectivity index (χ1v) is 8.85. The molecule has 0 bridgehead atoms. The first-order chi connectivity index (χ1) is 13.0. The number of benzene rings is 2. The van der Waals surface area contributed by atoms with Crippen molar-refractivity contribution >= 4 is 23.3 Å². The number of anilines is 2. The molecule has 142 valence electrons. The molecule has 0 radical (unpaired) electrons. The standard InChI is InChI=1S/C20H23N3O4/c1-14-12-17(27-13-19(24)25)6-7-18(14)20(26)22-15-2-4-16(5-3-15)23-10-8-21-9-11-23/h2-7,12,21H,8-11,13H2,1H3,(H,22,26)(H,24,25). The van der Waals surface area contributed by atoms with E-state index in [0.29, 0.717) is 16.9 Å². The van der Waals surface area contributed by atoms with Crippen LogP contribution in [0, 0.1) is 6.92 Å². The molecule has 3 N–H and O–H groups in total. The van der Waals surface area contributed by atoms with Crippen LogP contribution in [-0.2, 0) is 4.79 Å². The summed E-state index contributed by atoms with van der Waals surface area (Å²) in [5.41, 5.74) is 3.10. The molecule has 7 nitrogen and oxygen atoms in total. The summed E-state index contributed by atoms with van der Waals surface area (Å²) >= 11 is 0. The number of ether oxygens (including phenoxy) is 1. The molecule has 0 aliphatic carbocycles. The first-order valence-electron chi connectivity index (χ1n) is 8.85. The molecule has 1 saturated heterocycles. The van der Waals surface area contributed by atoms with Crippen LogP contribution in [0.2, 0.25) is 0 Å². The number of hydrogen-bond acceptors (Lipinski definition) is 5. The fourth-order valence-electron chi connectivity index (χ4n) is 3.00. The lowest BCUT2D eigenvalue weighted by Crippen LogP contribution is -2.43. The average molecular weight is 369 g/mol. The third-order valence-electron chi connectivity index (χ3n) is 4.41. The van der Waals surface area contributed by atoms with Crippen molar-refractivity contribution in [1.82, 2.24) is 5.32 Å². The lowest BCUT2D eigenvalue weighted by atomic mass is 10.1. The van der Waals surface area contributed by atoms with Crippen molar-refractivity contribution in [2.45, 2.75) is 6.92 Å². The fourth-order valence-corrected chi connectivity index (χ4v) is 3.00. The maximum absolute atomic E-state index is 12.5. The second-order valence-corrected chi connectivity index (χ2v) is 6.40. The van der Waals surface area contributed by atoms with Gasteiger partial charge < -0.3 is 25.4 Å². The minimum atomic E-state index is -1.04. The van der Waals surface area contributed by atoms with E-state index in [0.717, 1.165) is 37.6 Å². The van der Waals surface area contributed by atoms with Gasteiger partial charge in [0.25, 0.3) is 5.91 Å². The molecule has 2 aromatic carbocycles. The Morgan fingerprint density at radius 2 is 1.85 bits per heavy atom. The van der Waals surface area contributed by atoms with Crippen LogP contribution in [0.4, 0.5) is 11.4 Å². The quantitative estimate of drug-likeness (QED) is 0.723. The number of aliphatic carboxylic acids is 1. The predicted molar refractivity (Wildman–Crippen MR) is 104 cm³/mol.